The summed E-state index contributed by atoms with van der Waals surface area (Å²) in [6, 6.07) is 0. The van der Waals surface area contributed by atoms with Crippen LogP contribution >= 0.6 is 11.3 Å². The highest BCUT2D eigenvalue weighted by molar-refractivity contribution is 7.19. The van der Waals surface area contributed by atoms with Crippen LogP contribution in [0.5, 0.6) is 0 Å². The van der Waals surface area contributed by atoms with Crippen molar-refractivity contribution >= 4 is 39.0 Å². The fourth-order valence-electron chi connectivity index (χ4n) is 3.24. The van der Waals surface area contributed by atoms with Crippen LogP contribution in [0.25, 0.3) is 10.2 Å². The Labute approximate surface area is 149 Å². The highest BCUT2D eigenvalue weighted by atomic mass is 32.1. The summed E-state index contributed by atoms with van der Waals surface area (Å²) in [6.45, 7) is 3.92. The number of aryl methyl sites for hydroxylation is 3. The van der Waals surface area contributed by atoms with E-state index in [1.54, 1.807) is 22.2 Å². The highest BCUT2D eigenvalue weighted by Crippen LogP contribution is 2.40. The number of hydrogen-bond acceptors (Lipinski definition) is 7. The Morgan fingerprint density at radius 3 is 3.00 bits per heavy atom. The van der Waals surface area contributed by atoms with E-state index in [-0.39, 0.29) is 12.5 Å². The van der Waals surface area contributed by atoms with E-state index in [0.717, 1.165) is 46.1 Å². The number of rotatable bonds is 4. The molecule has 1 N–H and O–H groups in total. The zero-order valence-corrected chi connectivity index (χ0v) is 15.2. The molecule has 3 aromatic heterocycles. The third-order valence-electron chi connectivity index (χ3n) is 4.54. The van der Waals surface area contributed by atoms with Crippen LogP contribution in [0.4, 0.5) is 11.5 Å². The molecule has 0 unspecified atom stereocenters. The minimum absolute atomic E-state index is 0.0933. The van der Waals surface area contributed by atoms with E-state index in [4.69, 9.17) is 4.74 Å². The number of ether oxygens (including phenoxy) is 1. The second-order valence-corrected chi connectivity index (χ2v) is 7.24. The fraction of sp³-hybridized carbons (Fsp3) is 0.412. The van der Waals surface area contributed by atoms with E-state index in [9.17, 15) is 4.79 Å². The number of methoxy groups -OCH3 is 1. The number of aromatic nitrogens is 4. The summed E-state index contributed by atoms with van der Waals surface area (Å²) in [5, 5.41) is 8.81. The maximum absolute atomic E-state index is 11.5. The van der Waals surface area contributed by atoms with Crippen molar-refractivity contribution in [3.63, 3.8) is 0 Å². The lowest BCUT2D eigenvalue weighted by atomic mass is 10.2. The fourth-order valence-corrected chi connectivity index (χ4v) is 4.54. The van der Waals surface area contributed by atoms with Crippen molar-refractivity contribution in [2.24, 2.45) is 0 Å². The van der Waals surface area contributed by atoms with Crippen molar-refractivity contribution in [2.75, 3.05) is 12.4 Å². The van der Waals surface area contributed by atoms with Gasteiger partial charge in [-0.1, -0.05) is 0 Å². The van der Waals surface area contributed by atoms with Crippen molar-refractivity contribution in [3.05, 3.63) is 28.2 Å². The van der Waals surface area contributed by atoms with Gasteiger partial charge in [0.15, 0.2) is 0 Å². The van der Waals surface area contributed by atoms with Crippen LogP contribution in [0, 0.1) is 13.8 Å². The molecule has 0 saturated carbocycles. The molecule has 130 valence electrons. The molecule has 3 heterocycles. The number of esters is 1. The van der Waals surface area contributed by atoms with E-state index in [1.807, 2.05) is 13.8 Å². The molecular formula is C17H19N5O2S. The van der Waals surface area contributed by atoms with E-state index >= 15 is 0 Å². The summed E-state index contributed by atoms with van der Waals surface area (Å²) >= 11 is 1.77. The Balaban J connectivity index is 1.73. The molecule has 1 aliphatic carbocycles. The standard InChI is InChI=1S/C17H19N5O2S/c1-9-12(7-18-22(9)8-14(23)24-3)21-16-15-11-5-4-6-13(11)25-17(15)20-10(2)19-16/h7H,4-6,8H2,1-3H3,(H,19,20,21). The van der Waals surface area contributed by atoms with Crippen LogP contribution in [0.2, 0.25) is 0 Å². The van der Waals surface area contributed by atoms with Crippen molar-refractivity contribution in [2.45, 2.75) is 39.7 Å². The summed E-state index contributed by atoms with van der Waals surface area (Å²) in [6.07, 6.45) is 5.12. The number of hydrogen-bond donors (Lipinski definition) is 1. The number of fused-ring (bicyclic) bond motifs is 3. The molecule has 25 heavy (non-hydrogen) atoms. The first-order chi connectivity index (χ1) is 12.1. The van der Waals surface area contributed by atoms with Crippen molar-refractivity contribution < 1.29 is 9.53 Å². The van der Waals surface area contributed by atoms with Crippen LogP contribution in [0.15, 0.2) is 6.20 Å². The Kier molecular flexibility index (Phi) is 3.91. The Morgan fingerprint density at radius 2 is 2.20 bits per heavy atom. The van der Waals surface area contributed by atoms with Crippen LogP contribution < -0.4 is 5.32 Å². The topological polar surface area (TPSA) is 81.9 Å². The number of nitrogens with one attached hydrogen (secondary N) is 1. The Morgan fingerprint density at radius 1 is 1.36 bits per heavy atom. The molecule has 0 amide bonds. The molecule has 0 bridgehead atoms. The van der Waals surface area contributed by atoms with Crippen LogP contribution in [-0.2, 0) is 28.9 Å². The van der Waals surface area contributed by atoms with Gasteiger partial charge in [-0.05, 0) is 38.7 Å². The molecule has 7 nitrogen and oxygen atoms in total. The third kappa shape index (κ3) is 2.76. The molecule has 3 aromatic rings. The van der Waals surface area contributed by atoms with Gasteiger partial charge in [-0.3, -0.25) is 9.48 Å². The van der Waals surface area contributed by atoms with Gasteiger partial charge in [0.25, 0.3) is 0 Å². The summed E-state index contributed by atoms with van der Waals surface area (Å²) < 4.78 is 6.33. The number of thiophene rings is 1. The lowest BCUT2D eigenvalue weighted by Crippen LogP contribution is -2.13. The van der Waals surface area contributed by atoms with E-state index < -0.39 is 0 Å². The van der Waals surface area contributed by atoms with Gasteiger partial charge >= 0.3 is 5.97 Å². The monoisotopic (exact) mass is 357 g/mol. The molecule has 0 atom stereocenters. The van der Waals surface area contributed by atoms with E-state index in [0.29, 0.717) is 0 Å². The molecule has 8 heteroatoms. The first kappa shape index (κ1) is 16.0. The molecule has 0 saturated heterocycles. The lowest BCUT2D eigenvalue weighted by Gasteiger charge is -2.09. The minimum Gasteiger partial charge on any atom is -0.468 e. The quantitative estimate of drug-likeness (QED) is 0.723. The molecule has 0 spiro atoms. The Bertz CT molecular complexity index is 975. The molecule has 0 radical (unpaired) electrons. The second kappa shape index (κ2) is 6.11. The molecule has 0 fully saturated rings. The molecule has 1 aliphatic rings. The van der Waals surface area contributed by atoms with Gasteiger partial charge in [-0.15, -0.1) is 11.3 Å². The number of nitrogens with zero attached hydrogens (tertiary/aromatic N) is 4. The zero-order chi connectivity index (χ0) is 17.6. The summed E-state index contributed by atoms with van der Waals surface area (Å²) in [4.78, 5) is 23.2. The largest absolute Gasteiger partial charge is 0.468 e. The summed E-state index contributed by atoms with van der Waals surface area (Å²) in [7, 11) is 1.37. The first-order valence-corrected chi connectivity index (χ1v) is 9.03. The van der Waals surface area contributed by atoms with Gasteiger partial charge in [0, 0.05) is 4.88 Å². The number of carbonyl (C=O) groups is 1. The predicted molar refractivity (Wildman–Crippen MR) is 96.4 cm³/mol. The van der Waals surface area contributed by atoms with Crippen LogP contribution in [0.3, 0.4) is 0 Å². The summed E-state index contributed by atoms with van der Waals surface area (Å²) in [5.41, 5.74) is 3.07. The average Bonchev–Trinajstić information content (AvgIpc) is 3.24. The normalized spacial score (nSPS) is 13.2. The maximum atomic E-state index is 11.5. The van der Waals surface area contributed by atoms with Gasteiger partial charge in [-0.25, -0.2) is 9.97 Å². The van der Waals surface area contributed by atoms with Gasteiger partial charge in [-0.2, -0.15) is 5.10 Å². The van der Waals surface area contributed by atoms with Crippen molar-refractivity contribution in [1.29, 1.82) is 0 Å². The van der Waals surface area contributed by atoms with Crippen molar-refractivity contribution in [3.8, 4) is 0 Å². The van der Waals surface area contributed by atoms with Crippen LogP contribution in [0.1, 0.15) is 28.4 Å². The highest BCUT2D eigenvalue weighted by Gasteiger charge is 2.22. The third-order valence-corrected chi connectivity index (χ3v) is 5.72. The molecule has 0 aliphatic heterocycles. The number of carbonyl (C=O) groups excluding carboxylic acids is 1. The van der Waals surface area contributed by atoms with Crippen molar-refractivity contribution in [1.82, 2.24) is 19.7 Å². The van der Waals surface area contributed by atoms with Gasteiger partial charge in [0.1, 0.15) is 23.0 Å². The minimum atomic E-state index is -0.325. The SMILES string of the molecule is COC(=O)Cn1ncc(Nc2nc(C)nc3sc4c(c23)CCC4)c1C. The zero-order valence-electron chi connectivity index (χ0n) is 14.4. The van der Waals surface area contributed by atoms with E-state index in [1.165, 1.54) is 24.0 Å². The molecular weight excluding hydrogens is 338 g/mol. The predicted octanol–water partition coefficient (Wildman–Crippen LogP) is 2.91. The van der Waals surface area contributed by atoms with Crippen LogP contribution in [-0.4, -0.2) is 32.8 Å². The van der Waals surface area contributed by atoms with Gasteiger partial charge in [0.05, 0.1) is 30.1 Å². The smallest absolute Gasteiger partial charge is 0.327 e. The lowest BCUT2D eigenvalue weighted by molar-refractivity contribution is -0.141. The molecule has 4 rings (SSSR count). The molecule has 0 aromatic carbocycles. The Hall–Kier alpha value is -2.48. The number of anilines is 2. The maximum Gasteiger partial charge on any atom is 0.327 e. The second-order valence-electron chi connectivity index (χ2n) is 6.16. The van der Waals surface area contributed by atoms with Gasteiger partial charge < -0.3 is 10.1 Å². The first-order valence-electron chi connectivity index (χ1n) is 8.22. The van der Waals surface area contributed by atoms with E-state index in [2.05, 4.69) is 20.4 Å². The summed E-state index contributed by atoms with van der Waals surface area (Å²) in [5.74, 6) is 1.24. The average molecular weight is 357 g/mol. The van der Waals surface area contributed by atoms with Gasteiger partial charge in [0.2, 0.25) is 0 Å².